The molecule has 2 aromatic carbocycles. The molecule has 0 unspecified atom stereocenters. The molecule has 2 aromatic rings. The second-order valence-corrected chi connectivity index (χ2v) is 6.08. The third kappa shape index (κ3) is 5.31. The van der Waals surface area contributed by atoms with Gasteiger partial charge in [-0.15, -0.1) is 0 Å². The third-order valence-corrected chi connectivity index (χ3v) is 3.72. The van der Waals surface area contributed by atoms with Gasteiger partial charge < -0.3 is 14.2 Å². The fraction of sp³-hybridized carbons (Fsp3) is 0.150. The number of methoxy groups -OCH3 is 1. The lowest BCUT2D eigenvalue weighted by Crippen LogP contribution is -2.09. The lowest BCUT2D eigenvalue weighted by molar-refractivity contribution is 0.0511. The Bertz CT molecular complexity index is 779. The normalized spacial score (nSPS) is 10.7. The molecule has 0 atom stereocenters. The summed E-state index contributed by atoms with van der Waals surface area (Å²) in [5.41, 5.74) is 2.15. The van der Waals surface area contributed by atoms with Crippen LogP contribution in [0.25, 0.3) is 10.6 Å². The van der Waals surface area contributed by atoms with E-state index in [-0.39, 0.29) is 6.79 Å². The summed E-state index contributed by atoms with van der Waals surface area (Å²) >= 11 is 3.36. The Balaban J connectivity index is 2.18. The first-order valence-corrected chi connectivity index (χ1v) is 8.40. The predicted molar refractivity (Wildman–Crippen MR) is 103 cm³/mol. The Morgan fingerprint density at radius 2 is 1.92 bits per heavy atom. The zero-order valence-corrected chi connectivity index (χ0v) is 15.7. The van der Waals surface area contributed by atoms with Crippen molar-refractivity contribution in [1.82, 2.24) is 0 Å². The largest absolute Gasteiger partial charge is 0.468 e. The van der Waals surface area contributed by atoms with Crippen LogP contribution in [0.3, 0.4) is 0 Å². The molecule has 0 N–H and O–H groups in total. The van der Waals surface area contributed by atoms with Gasteiger partial charge in [0.05, 0.1) is 5.56 Å². The molecule has 25 heavy (non-hydrogen) atoms. The van der Waals surface area contributed by atoms with Crippen molar-refractivity contribution in [1.29, 1.82) is 0 Å². The lowest BCUT2D eigenvalue weighted by Gasteiger charge is -2.11. The molecule has 0 aliphatic rings. The van der Waals surface area contributed by atoms with Crippen molar-refractivity contribution < 1.29 is 19.0 Å². The number of carbonyl (C=O) groups excluding carboxylic acids is 1. The lowest BCUT2D eigenvalue weighted by atomic mass is 10.1. The van der Waals surface area contributed by atoms with Crippen LogP contribution >= 0.6 is 15.9 Å². The fourth-order valence-corrected chi connectivity index (χ4v) is 2.43. The summed E-state index contributed by atoms with van der Waals surface area (Å²) in [5, 5.41) is 0. The fourth-order valence-electron chi connectivity index (χ4n) is 2.12. The van der Waals surface area contributed by atoms with E-state index >= 15 is 0 Å². The number of hydrogen-bond acceptors (Lipinski definition) is 4. The Morgan fingerprint density at radius 3 is 2.52 bits per heavy atom. The average Bonchev–Trinajstić information content (AvgIpc) is 2.61. The molecule has 0 aliphatic carbocycles. The van der Waals surface area contributed by atoms with Gasteiger partial charge in [0.2, 0.25) is 0 Å². The first-order valence-electron chi connectivity index (χ1n) is 7.60. The molecule has 4 nitrogen and oxygen atoms in total. The molecule has 0 aromatic heterocycles. The van der Waals surface area contributed by atoms with Crippen LogP contribution in [0.2, 0.25) is 0 Å². The van der Waals surface area contributed by atoms with E-state index in [1.54, 1.807) is 37.4 Å². The van der Waals surface area contributed by atoms with Crippen LogP contribution in [0.5, 0.6) is 11.5 Å². The number of allylic oxidation sites excluding steroid dienone is 1. The third-order valence-electron chi connectivity index (χ3n) is 3.29. The molecule has 2 rings (SSSR count). The maximum absolute atomic E-state index is 12.4. The van der Waals surface area contributed by atoms with Crippen LogP contribution < -0.4 is 9.47 Å². The first-order chi connectivity index (χ1) is 12.0. The van der Waals surface area contributed by atoms with Crippen LogP contribution in [0.4, 0.5) is 0 Å². The zero-order valence-electron chi connectivity index (χ0n) is 14.1. The molecular weight excluding hydrogens is 384 g/mol. The first kappa shape index (κ1) is 19.0. The molecule has 0 fully saturated rings. The number of ether oxygens (including phenoxy) is 3. The molecule has 0 aliphatic heterocycles. The van der Waals surface area contributed by atoms with Gasteiger partial charge in [-0.05, 0) is 48.9 Å². The maximum Gasteiger partial charge on any atom is 0.343 e. The summed E-state index contributed by atoms with van der Waals surface area (Å²) in [6.07, 6.45) is 3.90. The quantitative estimate of drug-likeness (QED) is 0.358. The molecule has 0 saturated heterocycles. The second-order valence-electron chi connectivity index (χ2n) is 5.13. The maximum atomic E-state index is 12.4. The Kier molecular flexibility index (Phi) is 6.98. The van der Waals surface area contributed by atoms with Crippen LogP contribution in [-0.4, -0.2) is 19.9 Å². The standard InChI is InChI=1S/C20H19BrO4/c1-4-5-15-6-11-19(18(12-15)14(2)21)25-20(22)16-7-9-17(10-8-16)24-13-23-3/h4-12H,2,13H2,1,3H3/b5-4+. The molecule has 0 heterocycles. The summed E-state index contributed by atoms with van der Waals surface area (Å²) in [4.78, 5) is 12.4. The van der Waals surface area contributed by atoms with Gasteiger partial charge in [0, 0.05) is 17.2 Å². The van der Waals surface area contributed by atoms with E-state index in [0.29, 0.717) is 21.5 Å². The summed E-state index contributed by atoms with van der Waals surface area (Å²) in [5.74, 6) is 0.607. The number of hydrogen-bond donors (Lipinski definition) is 0. The van der Waals surface area contributed by atoms with Gasteiger partial charge in [0.15, 0.2) is 6.79 Å². The average molecular weight is 403 g/mol. The topological polar surface area (TPSA) is 44.8 Å². The highest BCUT2D eigenvalue weighted by molar-refractivity contribution is 9.15. The van der Waals surface area contributed by atoms with Crippen molar-refractivity contribution in [3.8, 4) is 11.5 Å². The highest BCUT2D eigenvalue weighted by Gasteiger charge is 2.13. The van der Waals surface area contributed by atoms with Gasteiger partial charge in [0.25, 0.3) is 0 Å². The van der Waals surface area contributed by atoms with Gasteiger partial charge in [-0.25, -0.2) is 4.79 Å². The Hall–Kier alpha value is -2.37. The number of rotatable bonds is 7. The highest BCUT2D eigenvalue weighted by Crippen LogP contribution is 2.31. The van der Waals surface area contributed by atoms with E-state index in [1.807, 2.05) is 31.2 Å². The number of halogens is 1. The zero-order chi connectivity index (χ0) is 18.2. The predicted octanol–water partition coefficient (Wildman–Crippen LogP) is 5.29. The van der Waals surface area contributed by atoms with E-state index in [9.17, 15) is 4.79 Å². The summed E-state index contributed by atoms with van der Waals surface area (Å²) in [6.45, 7) is 5.97. The van der Waals surface area contributed by atoms with Crippen molar-refractivity contribution in [2.75, 3.05) is 13.9 Å². The molecule has 130 valence electrons. The molecular formula is C20H19BrO4. The minimum absolute atomic E-state index is 0.152. The SMILES string of the molecule is C=C(Br)c1cc(/C=C/C)ccc1OC(=O)c1ccc(OCOC)cc1. The van der Waals surface area contributed by atoms with E-state index in [0.717, 1.165) is 11.1 Å². The smallest absolute Gasteiger partial charge is 0.343 e. The summed E-state index contributed by atoms with van der Waals surface area (Å²) < 4.78 is 16.3. The molecule has 0 amide bonds. The molecule has 0 spiro atoms. The van der Waals surface area contributed by atoms with Crippen molar-refractivity contribution in [3.05, 3.63) is 71.8 Å². The summed E-state index contributed by atoms with van der Waals surface area (Å²) in [6, 6.07) is 12.2. The van der Waals surface area contributed by atoms with Crippen LogP contribution in [0, 0.1) is 0 Å². The van der Waals surface area contributed by atoms with Gasteiger partial charge >= 0.3 is 5.97 Å². The summed E-state index contributed by atoms with van der Waals surface area (Å²) in [7, 11) is 1.54. The van der Waals surface area contributed by atoms with Crippen molar-refractivity contribution in [2.45, 2.75) is 6.92 Å². The van der Waals surface area contributed by atoms with Crippen molar-refractivity contribution >= 4 is 32.5 Å². The van der Waals surface area contributed by atoms with E-state index in [4.69, 9.17) is 14.2 Å². The van der Waals surface area contributed by atoms with E-state index in [1.165, 1.54) is 0 Å². The molecule has 5 heteroatoms. The molecule has 0 bridgehead atoms. The molecule has 0 radical (unpaired) electrons. The van der Waals surface area contributed by atoms with Crippen LogP contribution in [-0.2, 0) is 4.74 Å². The van der Waals surface area contributed by atoms with Crippen molar-refractivity contribution in [3.63, 3.8) is 0 Å². The Morgan fingerprint density at radius 1 is 1.20 bits per heavy atom. The number of esters is 1. The monoisotopic (exact) mass is 402 g/mol. The van der Waals surface area contributed by atoms with Gasteiger partial charge in [-0.2, -0.15) is 0 Å². The van der Waals surface area contributed by atoms with Crippen LogP contribution in [0.15, 0.2) is 55.1 Å². The van der Waals surface area contributed by atoms with E-state index < -0.39 is 5.97 Å². The van der Waals surface area contributed by atoms with Gasteiger partial charge in [-0.1, -0.05) is 40.7 Å². The number of benzene rings is 2. The molecule has 0 saturated carbocycles. The van der Waals surface area contributed by atoms with Crippen LogP contribution in [0.1, 0.15) is 28.4 Å². The Labute approximate surface area is 155 Å². The minimum Gasteiger partial charge on any atom is -0.468 e. The number of carbonyl (C=O) groups is 1. The minimum atomic E-state index is -0.452. The van der Waals surface area contributed by atoms with Gasteiger partial charge in [0.1, 0.15) is 11.5 Å². The van der Waals surface area contributed by atoms with Crippen molar-refractivity contribution in [2.24, 2.45) is 0 Å². The van der Waals surface area contributed by atoms with Gasteiger partial charge in [-0.3, -0.25) is 0 Å². The second kappa shape index (κ2) is 9.20. The highest BCUT2D eigenvalue weighted by atomic mass is 79.9. The van der Waals surface area contributed by atoms with E-state index in [2.05, 4.69) is 22.5 Å².